The van der Waals surface area contributed by atoms with E-state index in [1.807, 2.05) is 37.4 Å². The summed E-state index contributed by atoms with van der Waals surface area (Å²) in [5, 5.41) is 2.72. The minimum atomic E-state index is -0.514. The molecular formula is C17H16BrNO3S. The minimum absolute atomic E-state index is 0.321. The second-order valence-corrected chi connectivity index (χ2v) is 6.61. The normalized spacial score (nSPS) is 10.2. The number of hydrogen-bond donors (Lipinski definition) is 1. The quantitative estimate of drug-likeness (QED) is 0.608. The van der Waals surface area contributed by atoms with Gasteiger partial charge in [-0.3, -0.25) is 4.79 Å². The number of esters is 1. The van der Waals surface area contributed by atoms with Crippen molar-refractivity contribution in [2.45, 2.75) is 11.8 Å². The van der Waals surface area contributed by atoms with Crippen molar-refractivity contribution in [1.82, 2.24) is 0 Å². The Morgan fingerprint density at radius 1 is 1.17 bits per heavy atom. The monoisotopic (exact) mass is 393 g/mol. The number of thioether (sulfide) groups is 1. The summed E-state index contributed by atoms with van der Waals surface area (Å²) in [5.74, 6) is -0.884. The number of halogens is 1. The highest BCUT2D eigenvalue weighted by atomic mass is 79.9. The Morgan fingerprint density at radius 3 is 2.48 bits per heavy atom. The van der Waals surface area contributed by atoms with Crippen LogP contribution in [-0.4, -0.2) is 24.7 Å². The van der Waals surface area contributed by atoms with Crippen molar-refractivity contribution in [3.63, 3.8) is 0 Å². The van der Waals surface area contributed by atoms with Gasteiger partial charge in [-0.05, 0) is 61.2 Å². The zero-order chi connectivity index (χ0) is 16.8. The van der Waals surface area contributed by atoms with E-state index in [1.165, 1.54) is 0 Å². The lowest BCUT2D eigenvalue weighted by molar-refractivity contribution is -0.119. The summed E-state index contributed by atoms with van der Waals surface area (Å²) in [6, 6.07) is 12.6. The lowest BCUT2D eigenvalue weighted by atomic mass is 10.2. The molecule has 0 fully saturated rings. The Balaban J connectivity index is 1.89. The SMILES string of the molecule is CSc1ccc(C(=O)OCC(=O)Nc2ccc(Br)cc2C)cc1. The average Bonchev–Trinajstić information content (AvgIpc) is 2.55. The highest BCUT2D eigenvalue weighted by Gasteiger charge is 2.11. The highest BCUT2D eigenvalue weighted by Crippen LogP contribution is 2.20. The Morgan fingerprint density at radius 2 is 1.87 bits per heavy atom. The van der Waals surface area contributed by atoms with E-state index in [9.17, 15) is 9.59 Å². The molecule has 0 bridgehead atoms. The van der Waals surface area contributed by atoms with E-state index in [1.54, 1.807) is 30.0 Å². The molecule has 4 nitrogen and oxygen atoms in total. The lowest BCUT2D eigenvalue weighted by Gasteiger charge is -2.09. The number of amides is 1. The summed E-state index contributed by atoms with van der Waals surface area (Å²) in [7, 11) is 0. The maximum atomic E-state index is 11.9. The third-order valence-corrected chi connectivity index (χ3v) is 4.36. The van der Waals surface area contributed by atoms with E-state index in [4.69, 9.17) is 4.74 Å². The minimum Gasteiger partial charge on any atom is -0.452 e. The topological polar surface area (TPSA) is 55.4 Å². The van der Waals surface area contributed by atoms with Gasteiger partial charge in [-0.25, -0.2) is 4.79 Å². The molecule has 0 atom stereocenters. The predicted octanol–water partition coefficient (Wildman–Crippen LogP) is 4.27. The van der Waals surface area contributed by atoms with Crippen LogP contribution in [0.15, 0.2) is 51.8 Å². The fraction of sp³-hybridized carbons (Fsp3) is 0.176. The third-order valence-electron chi connectivity index (χ3n) is 3.12. The summed E-state index contributed by atoms with van der Waals surface area (Å²) < 4.78 is 5.97. The zero-order valence-electron chi connectivity index (χ0n) is 12.8. The van der Waals surface area contributed by atoms with Gasteiger partial charge in [0.25, 0.3) is 5.91 Å². The largest absolute Gasteiger partial charge is 0.452 e. The van der Waals surface area contributed by atoms with Gasteiger partial charge < -0.3 is 10.1 Å². The van der Waals surface area contributed by atoms with Crippen molar-refractivity contribution in [1.29, 1.82) is 0 Å². The van der Waals surface area contributed by atoms with Crippen molar-refractivity contribution in [3.8, 4) is 0 Å². The fourth-order valence-electron chi connectivity index (χ4n) is 1.90. The van der Waals surface area contributed by atoms with Crippen LogP contribution in [0.2, 0.25) is 0 Å². The van der Waals surface area contributed by atoms with Crippen LogP contribution in [0.5, 0.6) is 0 Å². The molecule has 6 heteroatoms. The second kappa shape index (κ2) is 8.17. The smallest absolute Gasteiger partial charge is 0.338 e. The number of carbonyl (C=O) groups is 2. The first-order valence-corrected chi connectivity index (χ1v) is 8.88. The summed E-state index contributed by atoms with van der Waals surface area (Å²) >= 11 is 4.96. The first kappa shape index (κ1) is 17.6. The molecule has 2 rings (SSSR count). The summed E-state index contributed by atoms with van der Waals surface area (Å²) in [6.07, 6.45) is 1.96. The number of aryl methyl sites for hydroxylation is 1. The Labute approximate surface area is 147 Å². The van der Waals surface area contributed by atoms with Crippen LogP contribution < -0.4 is 5.32 Å². The molecule has 0 radical (unpaired) electrons. The Hall–Kier alpha value is -1.79. The molecular weight excluding hydrogens is 378 g/mol. The number of ether oxygens (including phenoxy) is 1. The zero-order valence-corrected chi connectivity index (χ0v) is 15.2. The molecule has 23 heavy (non-hydrogen) atoms. The summed E-state index contributed by atoms with van der Waals surface area (Å²) in [5.41, 5.74) is 2.04. The molecule has 0 aromatic heterocycles. The van der Waals surface area contributed by atoms with Crippen molar-refractivity contribution >= 4 is 45.3 Å². The maximum absolute atomic E-state index is 11.9. The number of anilines is 1. The van der Waals surface area contributed by atoms with Gasteiger partial charge >= 0.3 is 5.97 Å². The number of hydrogen-bond acceptors (Lipinski definition) is 4. The highest BCUT2D eigenvalue weighted by molar-refractivity contribution is 9.10. The van der Waals surface area contributed by atoms with Gasteiger partial charge in [0.05, 0.1) is 5.56 Å². The molecule has 0 aliphatic carbocycles. The Kier molecular flexibility index (Phi) is 6.24. The standard InChI is InChI=1S/C17H16BrNO3S/c1-11-9-13(18)5-8-15(11)19-16(20)10-22-17(21)12-3-6-14(23-2)7-4-12/h3-9H,10H2,1-2H3,(H,19,20). The van der Waals surface area contributed by atoms with Crippen molar-refractivity contribution in [3.05, 3.63) is 58.1 Å². The van der Waals surface area contributed by atoms with Crippen LogP contribution in [0.25, 0.3) is 0 Å². The number of rotatable bonds is 5. The van der Waals surface area contributed by atoms with E-state index in [2.05, 4.69) is 21.2 Å². The number of nitrogens with one attached hydrogen (secondary N) is 1. The summed E-state index contributed by atoms with van der Waals surface area (Å²) in [6.45, 7) is 1.57. The lowest BCUT2D eigenvalue weighted by Crippen LogP contribution is -2.21. The van der Waals surface area contributed by atoms with Gasteiger partial charge in [-0.15, -0.1) is 11.8 Å². The van der Waals surface area contributed by atoms with Crippen LogP contribution >= 0.6 is 27.7 Å². The van der Waals surface area contributed by atoms with E-state index in [-0.39, 0.29) is 12.5 Å². The van der Waals surface area contributed by atoms with Gasteiger partial charge in [0, 0.05) is 15.1 Å². The molecule has 0 saturated carbocycles. The van der Waals surface area contributed by atoms with Gasteiger partial charge in [-0.2, -0.15) is 0 Å². The second-order valence-electron chi connectivity index (χ2n) is 4.81. The van der Waals surface area contributed by atoms with Crippen LogP contribution in [0.1, 0.15) is 15.9 Å². The molecule has 120 valence electrons. The molecule has 0 saturated heterocycles. The van der Waals surface area contributed by atoms with Gasteiger partial charge in [-0.1, -0.05) is 15.9 Å². The molecule has 0 aliphatic rings. The summed E-state index contributed by atoms with van der Waals surface area (Å²) in [4.78, 5) is 24.8. The fourth-order valence-corrected chi connectivity index (χ4v) is 2.78. The van der Waals surface area contributed by atoms with E-state index < -0.39 is 5.97 Å². The molecule has 1 amide bonds. The number of carbonyl (C=O) groups excluding carboxylic acids is 2. The molecule has 0 unspecified atom stereocenters. The van der Waals surface area contributed by atoms with Gasteiger partial charge in [0.2, 0.25) is 0 Å². The molecule has 0 aliphatic heterocycles. The van der Waals surface area contributed by atoms with Crippen LogP contribution in [0.3, 0.4) is 0 Å². The van der Waals surface area contributed by atoms with E-state index in [0.717, 1.165) is 14.9 Å². The molecule has 0 spiro atoms. The Bertz CT molecular complexity index is 716. The maximum Gasteiger partial charge on any atom is 0.338 e. The number of benzene rings is 2. The molecule has 2 aromatic carbocycles. The van der Waals surface area contributed by atoms with Gasteiger partial charge in [0.15, 0.2) is 6.61 Å². The first-order chi connectivity index (χ1) is 11.0. The van der Waals surface area contributed by atoms with Crippen molar-refractivity contribution in [2.75, 3.05) is 18.2 Å². The molecule has 0 heterocycles. The van der Waals surface area contributed by atoms with Crippen molar-refractivity contribution in [2.24, 2.45) is 0 Å². The average molecular weight is 394 g/mol. The van der Waals surface area contributed by atoms with Crippen LogP contribution in [0, 0.1) is 6.92 Å². The van der Waals surface area contributed by atoms with Crippen LogP contribution in [-0.2, 0) is 9.53 Å². The molecule has 1 N–H and O–H groups in total. The third kappa shape index (κ3) is 5.11. The predicted molar refractivity (Wildman–Crippen MR) is 96.0 cm³/mol. The molecule has 2 aromatic rings. The van der Waals surface area contributed by atoms with Crippen molar-refractivity contribution < 1.29 is 14.3 Å². The first-order valence-electron chi connectivity index (χ1n) is 6.87. The van der Waals surface area contributed by atoms with E-state index >= 15 is 0 Å². The van der Waals surface area contributed by atoms with E-state index in [0.29, 0.717) is 11.3 Å². The van der Waals surface area contributed by atoms with Gasteiger partial charge in [0.1, 0.15) is 0 Å². The van der Waals surface area contributed by atoms with Crippen LogP contribution in [0.4, 0.5) is 5.69 Å².